The average Bonchev–Trinajstić information content (AvgIpc) is 2.21. The van der Waals surface area contributed by atoms with E-state index in [1.807, 2.05) is 6.92 Å². The molecule has 0 unspecified atom stereocenters. The number of carboxylic acids is 1. The van der Waals surface area contributed by atoms with Gasteiger partial charge in [-0.15, -0.1) is 0 Å². The minimum Gasteiger partial charge on any atom is -0.481 e. The molecule has 0 bridgehead atoms. The van der Waals surface area contributed by atoms with Gasteiger partial charge in [0.15, 0.2) is 0 Å². The van der Waals surface area contributed by atoms with Gasteiger partial charge in [0.2, 0.25) is 5.91 Å². The highest BCUT2D eigenvalue weighted by Gasteiger charge is 2.01. The number of carbonyl (C=O) groups excluding carboxylic acids is 1. The van der Waals surface area contributed by atoms with Crippen molar-refractivity contribution < 1.29 is 14.7 Å². The van der Waals surface area contributed by atoms with Crippen LogP contribution in [0, 0.1) is 0 Å². The summed E-state index contributed by atoms with van der Waals surface area (Å²) in [5, 5.41) is 11.1. The monoisotopic (exact) mass is 231 g/mol. The summed E-state index contributed by atoms with van der Waals surface area (Å²) in [4.78, 5) is 21.4. The van der Waals surface area contributed by atoms with E-state index in [1.54, 1.807) is 13.0 Å². The summed E-state index contributed by atoms with van der Waals surface area (Å²) >= 11 is 1.53. The van der Waals surface area contributed by atoms with Crippen LogP contribution in [0.3, 0.4) is 0 Å². The van der Waals surface area contributed by atoms with Crippen LogP contribution in [0.1, 0.15) is 20.3 Å². The van der Waals surface area contributed by atoms with Gasteiger partial charge in [-0.1, -0.05) is 6.08 Å². The molecule has 0 fully saturated rings. The van der Waals surface area contributed by atoms with Crippen molar-refractivity contribution in [2.45, 2.75) is 20.3 Å². The second-order valence-corrected chi connectivity index (χ2v) is 4.21. The number of thioether (sulfide) groups is 1. The first-order chi connectivity index (χ1) is 7.07. The standard InChI is InChI=1S/C10H17NO3S/c1-3-8(2)10(14)11-5-7-15-6-4-9(12)13/h3H,4-7H2,1-2H3,(H,11,14)(H,12,13)/b8-3-. The number of amides is 1. The summed E-state index contributed by atoms with van der Waals surface area (Å²) in [5.41, 5.74) is 0.700. The van der Waals surface area contributed by atoms with Crippen LogP contribution in [-0.4, -0.2) is 35.0 Å². The molecule has 5 heteroatoms. The molecule has 0 aromatic rings. The third-order valence-electron chi connectivity index (χ3n) is 1.78. The van der Waals surface area contributed by atoms with Crippen molar-refractivity contribution in [1.82, 2.24) is 5.32 Å². The number of carbonyl (C=O) groups is 2. The Hall–Kier alpha value is -0.970. The molecule has 0 rings (SSSR count). The first-order valence-corrected chi connectivity index (χ1v) is 5.94. The third kappa shape index (κ3) is 8.05. The molecular formula is C10H17NO3S. The van der Waals surface area contributed by atoms with Gasteiger partial charge < -0.3 is 10.4 Å². The van der Waals surface area contributed by atoms with Crippen LogP contribution in [0.15, 0.2) is 11.6 Å². The number of nitrogens with one attached hydrogen (secondary N) is 1. The van der Waals surface area contributed by atoms with Gasteiger partial charge >= 0.3 is 5.97 Å². The van der Waals surface area contributed by atoms with Crippen molar-refractivity contribution in [3.63, 3.8) is 0 Å². The van der Waals surface area contributed by atoms with Crippen LogP contribution in [0.5, 0.6) is 0 Å². The minimum absolute atomic E-state index is 0.0589. The highest BCUT2D eigenvalue weighted by atomic mass is 32.2. The molecule has 0 heterocycles. The Kier molecular flexibility index (Phi) is 7.81. The Labute approximate surface area is 94.1 Å². The Bertz CT molecular complexity index is 251. The number of hydrogen-bond acceptors (Lipinski definition) is 3. The first-order valence-electron chi connectivity index (χ1n) is 4.78. The van der Waals surface area contributed by atoms with E-state index in [4.69, 9.17) is 5.11 Å². The molecule has 0 saturated heterocycles. The van der Waals surface area contributed by atoms with Crippen LogP contribution >= 0.6 is 11.8 Å². The van der Waals surface area contributed by atoms with Crippen LogP contribution in [0.4, 0.5) is 0 Å². The van der Waals surface area contributed by atoms with E-state index < -0.39 is 5.97 Å². The molecule has 1 amide bonds. The quantitative estimate of drug-likeness (QED) is 0.511. The van der Waals surface area contributed by atoms with Crippen LogP contribution in [0.25, 0.3) is 0 Å². The number of aliphatic carboxylic acids is 1. The maximum absolute atomic E-state index is 11.2. The molecule has 0 aliphatic heterocycles. The second-order valence-electron chi connectivity index (χ2n) is 2.98. The fourth-order valence-electron chi connectivity index (χ4n) is 0.769. The molecule has 0 aromatic carbocycles. The van der Waals surface area contributed by atoms with Gasteiger partial charge in [0.1, 0.15) is 0 Å². The lowest BCUT2D eigenvalue weighted by Gasteiger charge is -2.04. The van der Waals surface area contributed by atoms with E-state index >= 15 is 0 Å². The molecule has 0 saturated carbocycles. The molecule has 4 nitrogen and oxygen atoms in total. The molecule has 0 spiro atoms. The van der Waals surface area contributed by atoms with Crippen molar-refractivity contribution in [2.75, 3.05) is 18.1 Å². The molecule has 2 N–H and O–H groups in total. The van der Waals surface area contributed by atoms with Gasteiger partial charge in [-0.3, -0.25) is 9.59 Å². The highest BCUT2D eigenvalue weighted by molar-refractivity contribution is 7.99. The number of allylic oxidation sites excluding steroid dienone is 1. The smallest absolute Gasteiger partial charge is 0.304 e. The summed E-state index contributed by atoms with van der Waals surface area (Å²) in [6.07, 6.45) is 1.93. The lowest BCUT2D eigenvalue weighted by Crippen LogP contribution is -2.26. The van der Waals surface area contributed by atoms with Crippen molar-refractivity contribution in [3.05, 3.63) is 11.6 Å². The zero-order valence-corrected chi connectivity index (χ0v) is 9.89. The molecule has 15 heavy (non-hydrogen) atoms. The molecule has 0 atom stereocenters. The van der Waals surface area contributed by atoms with E-state index in [0.717, 1.165) is 5.75 Å². The summed E-state index contributed by atoms with van der Waals surface area (Å²) in [5.74, 6) is 0.497. The molecular weight excluding hydrogens is 214 g/mol. The molecule has 0 aliphatic rings. The lowest BCUT2D eigenvalue weighted by atomic mass is 10.3. The topological polar surface area (TPSA) is 66.4 Å². The second kappa shape index (κ2) is 8.35. The van der Waals surface area contributed by atoms with E-state index in [0.29, 0.717) is 17.9 Å². The van der Waals surface area contributed by atoms with Gasteiger partial charge in [-0.2, -0.15) is 11.8 Å². The molecule has 0 aliphatic carbocycles. The van der Waals surface area contributed by atoms with E-state index in [2.05, 4.69) is 5.32 Å². The highest BCUT2D eigenvalue weighted by Crippen LogP contribution is 2.01. The maximum atomic E-state index is 11.2. The van der Waals surface area contributed by atoms with Crippen LogP contribution in [-0.2, 0) is 9.59 Å². The number of carboxylic acid groups (broad SMARTS) is 1. The van der Waals surface area contributed by atoms with Crippen LogP contribution < -0.4 is 5.32 Å². The summed E-state index contributed by atoms with van der Waals surface area (Å²) in [7, 11) is 0. The van der Waals surface area contributed by atoms with E-state index in [-0.39, 0.29) is 12.3 Å². The van der Waals surface area contributed by atoms with Crippen molar-refractivity contribution in [1.29, 1.82) is 0 Å². The number of hydrogen-bond donors (Lipinski definition) is 2. The molecule has 86 valence electrons. The largest absolute Gasteiger partial charge is 0.481 e. The van der Waals surface area contributed by atoms with Crippen molar-refractivity contribution in [3.8, 4) is 0 Å². The predicted molar refractivity (Wildman–Crippen MR) is 62.0 cm³/mol. The van der Waals surface area contributed by atoms with Crippen molar-refractivity contribution >= 4 is 23.6 Å². The Morgan fingerprint density at radius 2 is 2.07 bits per heavy atom. The van der Waals surface area contributed by atoms with Gasteiger partial charge in [0.25, 0.3) is 0 Å². The Morgan fingerprint density at radius 1 is 1.40 bits per heavy atom. The fourth-order valence-corrected chi connectivity index (χ4v) is 1.54. The van der Waals surface area contributed by atoms with Gasteiger partial charge in [0, 0.05) is 23.6 Å². The predicted octanol–water partition coefficient (Wildman–Crippen LogP) is 1.28. The summed E-state index contributed by atoms with van der Waals surface area (Å²) < 4.78 is 0. The number of rotatable bonds is 7. The normalized spacial score (nSPS) is 11.2. The SMILES string of the molecule is C/C=C(/C)C(=O)NCCSCCC(=O)O. The van der Waals surface area contributed by atoms with Gasteiger partial charge in [-0.05, 0) is 13.8 Å². The minimum atomic E-state index is -0.781. The van der Waals surface area contributed by atoms with E-state index in [9.17, 15) is 9.59 Å². The summed E-state index contributed by atoms with van der Waals surface area (Å²) in [6.45, 7) is 4.15. The lowest BCUT2D eigenvalue weighted by molar-refractivity contribution is -0.136. The molecule has 0 radical (unpaired) electrons. The Balaban J connectivity index is 3.39. The maximum Gasteiger partial charge on any atom is 0.304 e. The van der Waals surface area contributed by atoms with Gasteiger partial charge in [-0.25, -0.2) is 0 Å². The first kappa shape index (κ1) is 14.0. The van der Waals surface area contributed by atoms with Gasteiger partial charge in [0.05, 0.1) is 6.42 Å². The summed E-state index contributed by atoms with van der Waals surface area (Å²) in [6, 6.07) is 0. The third-order valence-corrected chi connectivity index (χ3v) is 2.77. The van der Waals surface area contributed by atoms with Crippen molar-refractivity contribution in [2.24, 2.45) is 0 Å². The van der Waals surface area contributed by atoms with Crippen LogP contribution in [0.2, 0.25) is 0 Å². The van der Waals surface area contributed by atoms with E-state index in [1.165, 1.54) is 11.8 Å². The Morgan fingerprint density at radius 3 is 2.60 bits per heavy atom. The fraction of sp³-hybridized carbons (Fsp3) is 0.600. The average molecular weight is 231 g/mol. The zero-order valence-electron chi connectivity index (χ0n) is 9.08. The zero-order chi connectivity index (χ0) is 11.7. The molecule has 0 aromatic heterocycles.